The van der Waals surface area contributed by atoms with E-state index >= 15 is 0 Å². The van der Waals surface area contributed by atoms with Gasteiger partial charge in [-0.05, 0) is 6.42 Å². The molecule has 0 rings (SSSR count). The Hall–Kier alpha value is -0.740. The average Bonchev–Trinajstić information content (AvgIpc) is 2.13. The molecule has 0 amide bonds. The van der Waals surface area contributed by atoms with Crippen LogP contribution in [0.4, 0.5) is 13.2 Å². The molecule has 96 valence electrons. The first-order chi connectivity index (χ1) is 7.45. The molecule has 0 heterocycles. The molecule has 0 aliphatic heterocycles. The van der Waals surface area contributed by atoms with Crippen LogP contribution in [0.1, 0.15) is 58.3 Å². The van der Waals surface area contributed by atoms with Crippen LogP contribution in [0.2, 0.25) is 0 Å². The molecule has 0 saturated heterocycles. The Kier molecular flexibility index (Phi) is 8.03. The molecule has 16 heavy (non-hydrogen) atoms. The zero-order chi connectivity index (χ0) is 12.4. The molecule has 0 aromatic carbocycles. The molecule has 0 spiro atoms. The van der Waals surface area contributed by atoms with Crippen molar-refractivity contribution in [1.82, 2.24) is 0 Å². The third-order valence-electron chi connectivity index (χ3n) is 2.21. The molecule has 2 nitrogen and oxygen atoms in total. The lowest BCUT2D eigenvalue weighted by molar-refractivity contribution is -0.305. The minimum Gasteiger partial charge on any atom is -0.373 e. The number of alkyl halides is 3. The van der Waals surface area contributed by atoms with Crippen LogP contribution in [0.25, 0.3) is 0 Å². The summed E-state index contributed by atoms with van der Waals surface area (Å²) in [6.45, 7) is 2.12. The fraction of sp³-hybridized carbons (Fsp3) is 0.909. The van der Waals surface area contributed by atoms with Crippen LogP contribution in [0.3, 0.4) is 0 Å². The number of unbranched alkanes of at least 4 members (excludes halogenated alkanes) is 6. The molecular weight excluding hydrogens is 221 g/mol. The van der Waals surface area contributed by atoms with E-state index in [0.717, 1.165) is 32.1 Å². The Labute approximate surface area is 94.2 Å². The van der Waals surface area contributed by atoms with Gasteiger partial charge in [0.1, 0.15) is 0 Å². The molecule has 0 aliphatic rings. The Morgan fingerprint density at radius 1 is 1.00 bits per heavy atom. The summed E-state index contributed by atoms with van der Waals surface area (Å²) in [6, 6.07) is 0. The monoisotopic (exact) mass is 240 g/mol. The maximum Gasteiger partial charge on any atom is 0.575 e. The predicted octanol–water partition coefficient (Wildman–Crippen LogP) is 4.19. The van der Waals surface area contributed by atoms with Crippen molar-refractivity contribution < 1.29 is 22.7 Å². The summed E-state index contributed by atoms with van der Waals surface area (Å²) < 4.78 is 38.0. The molecule has 0 aromatic rings. The molecule has 5 heteroatoms. The highest BCUT2D eigenvalue weighted by Gasteiger charge is 2.33. The minimum absolute atomic E-state index is 0.146. The van der Waals surface area contributed by atoms with E-state index in [1.807, 2.05) is 0 Å². The molecule has 0 aromatic heterocycles. The second-order valence-corrected chi connectivity index (χ2v) is 3.79. The van der Waals surface area contributed by atoms with Crippen LogP contribution in [-0.2, 0) is 9.53 Å². The van der Waals surface area contributed by atoms with Gasteiger partial charge < -0.3 is 4.74 Å². The molecule has 0 atom stereocenters. The van der Waals surface area contributed by atoms with Crippen LogP contribution in [0, 0.1) is 0 Å². The van der Waals surface area contributed by atoms with E-state index in [1.165, 1.54) is 6.42 Å². The first-order valence-corrected chi connectivity index (χ1v) is 5.74. The number of rotatable bonds is 8. The second kappa shape index (κ2) is 8.42. The number of hydrogen-bond acceptors (Lipinski definition) is 2. The van der Waals surface area contributed by atoms with E-state index in [0.29, 0.717) is 6.42 Å². The van der Waals surface area contributed by atoms with Crippen molar-refractivity contribution >= 4 is 5.97 Å². The smallest absolute Gasteiger partial charge is 0.373 e. The Bertz CT molecular complexity index is 190. The SMILES string of the molecule is CCCCCCCCCC(=O)OC(F)(F)F. The number of hydrogen-bond donors (Lipinski definition) is 0. The summed E-state index contributed by atoms with van der Waals surface area (Å²) in [7, 11) is 0. The van der Waals surface area contributed by atoms with E-state index in [1.54, 1.807) is 0 Å². The average molecular weight is 240 g/mol. The van der Waals surface area contributed by atoms with Crippen molar-refractivity contribution in [2.75, 3.05) is 0 Å². The maximum absolute atomic E-state index is 11.6. The van der Waals surface area contributed by atoms with Gasteiger partial charge in [0.25, 0.3) is 0 Å². The molecule has 0 N–H and O–H groups in total. The molecule has 0 aliphatic carbocycles. The summed E-state index contributed by atoms with van der Waals surface area (Å²) in [5.41, 5.74) is 0. The summed E-state index contributed by atoms with van der Waals surface area (Å²) in [5.74, 6) is -1.18. The highest BCUT2D eigenvalue weighted by molar-refractivity contribution is 5.69. The molecule has 0 saturated carbocycles. The fourth-order valence-corrected chi connectivity index (χ4v) is 1.41. The third-order valence-corrected chi connectivity index (χ3v) is 2.21. The first kappa shape index (κ1) is 15.3. The van der Waals surface area contributed by atoms with Crippen LogP contribution >= 0.6 is 0 Å². The summed E-state index contributed by atoms with van der Waals surface area (Å²) in [6.07, 6.45) is 1.85. The highest BCUT2D eigenvalue weighted by atomic mass is 19.4. The minimum atomic E-state index is -4.84. The van der Waals surface area contributed by atoms with Gasteiger partial charge in [0.2, 0.25) is 0 Å². The Morgan fingerprint density at radius 2 is 1.50 bits per heavy atom. The van der Waals surface area contributed by atoms with Gasteiger partial charge in [-0.1, -0.05) is 45.4 Å². The number of ether oxygens (including phenoxy) is 1. The number of carbonyl (C=O) groups is 1. The number of carbonyl (C=O) groups excluding carboxylic acids is 1. The van der Waals surface area contributed by atoms with Crippen molar-refractivity contribution in [1.29, 1.82) is 0 Å². The lowest BCUT2D eigenvalue weighted by Gasteiger charge is -2.06. The van der Waals surface area contributed by atoms with E-state index in [9.17, 15) is 18.0 Å². The van der Waals surface area contributed by atoms with E-state index in [2.05, 4.69) is 11.7 Å². The van der Waals surface area contributed by atoms with Gasteiger partial charge >= 0.3 is 12.3 Å². The van der Waals surface area contributed by atoms with Gasteiger partial charge in [-0.2, -0.15) is 0 Å². The molecule has 0 fully saturated rings. The van der Waals surface area contributed by atoms with E-state index < -0.39 is 12.3 Å². The first-order valence-electron chi connectivity index (χ1n) is 5.74. The van der Waals surface area contributed by atoms with E-state index in [4.69, 9.17) is 0 Å². The van der Waals surface area contributed by atoms with Gasteiger partial charge in [0.05, 0.1) is 0 Å². The zero-order valence-electron chi connectivity index (χ0n) is 9.61. The summed E-state index contributed by atoms with van der Waals surface area (Å²) in [5, 5.41) is 0. The van der Waals surface area contributed by atoms with Crippen LogP contribution in [0.5, 0.6) is 0 Å². The third kappa shape index (κ3) is 11.3. The fourth-order valence-electron chi connectivity index (χ4n) is 1.41. The second-order valence-electron chi connectivity index (χ2n) is 3.79. The molecule has 0 bridgehead atoms. The van der Waals surface area contributed by atoms with Crippen molar-refractivity contribution in [3.63, 3.8) is 0 Å². The van der Waals surface area contributed by atoms with Gasteiger partial charge in [-0.3, -0.25) is 4.79 Å². The summed E-state index contributed by atoms with van der Waals surface area (Å²) >= 11 is 0. The Morgan fingerprint density at radius 3 is 2.00 bits per heavy atom. The molecule has 0 unspecified atom stereocenters. The Balaban J connectivity index is 3.28. The van der Waals surface area contributed by atoms with Gasteiger partial charge in [0.15, 0.2) is 0 Å². The number of halogens is 3. The van der Waals surface area contributed by atoms with Crippen LogP contribution < -0.4 is 0 Å². The quantitative estimate of drug-likeness (QED) is 0.469. The molecule has 0 radical (unpaired) electrons. The van der Waals surface area contributed by atoms with Gasteiger partial charge in [-0.25, -0.2) is 0 Å². The van der Waals surface area contributed by atoms with Crippen molar-refractivity contribution in [2.24, 2.45) is 0 Å². The number of esters is 1. The maximum atomic E-state index is 11.6. The van der Waals surface area contributed by atoms with Crippen LogP contribution in [0.15, 0.2) is 0 Å². The van der Waals surface area contributed by atoms with Crippen molar-refractivity contribution in [2.45, 2.75) is 64.7 Å². The topological polar surface area (TPSA) is 26.3 Å². The summed E-state index contributed by atoms with van der Waals surface area (Å²) in [4.78, 5) is 10.7. The van der Waals surface area contributed by atoms with Crippen LogP contribution in [-0.4, -0.2) is 12.3 Å². The normalized spacial score (nSPS) is 11.5. The largest absolute Gasteiger partial charge is 0.575 e. The highest BCUT2D eigenvalue weighted by Crippen LogP contribution is 2.18. The molecular formula is C11H19F3O2. The lowest BCUT2D eigenvalue weighted by atomic mass is 10.1. The lowest BCUT2D eigenvalue weighted by Crippen LogP contribution is -2.18. The standard InChI is InChI=1S/C11H19F3O2/c1-2-3-4-5-6-7-8-9-10(15)16-11(12,13)14/h2-9H2,1H3. The van der Waals surface area contributed by atoms with Gasteiger partial charge in [-0.15, -0.1) is 13.2 Å². The van der Waals surface area contributed by atoms with E-state index in [-0.39, 0.29) is 6.42 Å². The van der Waals surface area contributed by atoms with Crippen molar-refractivity contribution in [3.8, 4) is 0 Å². The predicted molar refractivity (Wildman–Crippen MR) is 54.8 cm³/mol. The van der Waals surface area contributed by atoms with Crippen molar-refractivity contribution in [3.05, 3.63) is 0 Å². The van der Waals surface area contributed by atoms with Gasteiger partial charge in [0, 0.05) is 6.42 Å². The zero-order valence-corrected chi connectivity index (χ0v) is 9.61.